The van der Waals surface area contributed by atoms with Crippen LogP contribution in [0.1, 0.15) is 12.5 Å². The van der Waals surface area contributed by atoms with Crippen LogP contribution in [-0.2, 0) is 5.75 Å². The predicted octanol–water partition coefficient (Wildman–Crippen LogP) is 3.25. The molecule has 0 bridgehead atoms. The van der Waals surface area contributed by atoms with E-state index in [0.29, 0.717) is 5.25 Å². The van der Waals surface area contributed by atoms with E-state index >= 15 is 0 Å². The predicted molar refractivity (Wildman–Crippen MR) is 67.6 cm³/mol. The van der Waals surface area contributed by atoms with E-state index in [1.807, 2.05) is 23.9 Å². The van der Waals surface area contributed by atoms with Crippen molar-refractivity contribution in [3.8, 4) is 5.75 Å². The van der Waals surface area contributed by atoms with E-state index in [1.54, 1.807) is 7.11 Å². The van der Waals surface area contributed by atoms with Crippen molar-refractivity contribution < 1.29 is 4.74 Å². The van der Waals surface area contributed by atoms with Gasteiger partial charge in [0.1, 0.15) is 5.75 Å². The van der Waals surface area contributed by atoms with Gasteiger partial charge in [0.15, 0.2) is 0 Å². The van der Waals surface area contributed by atoms with Crippen LogP contribution in [0.2, 0.25) is 0 Å². The lowest BCUT2D eigenvalue weighted by Gasteiger charge is -2.05. The summed E-state index contributed by atoms with van der Waals surface area (Å²) >= 11 is 6.25. The van der Waals surface area contributed by atoms with Gasteiger partial charge in [-0.05, 0) is 17.7 Å². The Labute approximate surface area is 95.6 Å². The molecule has 0 heterocycles. The van der Waals surface area contributed by atoms with Crippen LogP contribution >= 0.6 is 24.4 Å². The fourth-order valence-electron chi connectivity index (χ4n) is 1.07. The molecule has 1 aromatic rings. The van der Waals surface area contributed by atoms with Gasteiger partial charge >= 0.3 is 0 Å². The maximum Gasteiger partial charge on any atom is 0.118 e. The molecule has 0 amide bonds. The molecule has 0 aliphatic carbocycles. The maximum absolute atomic E-state index is 5.09. The summed E-state index contributed by atoms with van der Waals surface area (Å²) in [6.07, 6.45) is 0. The third-order valence-corrected chi connectivity index (χ3v) is 3.49. The van der Waals surface area contributed by atoms with E-state index in [0.717, 1.165) is 17.3 Å². The Bertz CT molecular complexity index is 256. The molecule has 1 atom stereocenters. The van der Waals surface area contributed by atoms with Crippen LogP contribution in [0, 0.1) is 0 Å². The van der Waals surface area contributed by atoms with Crippen molar-refractivity contribution in [2.24, 2.45) is 0 Å². The molecule has 0 N–H and O–H groups in total. The van der Waals surface area contributed by atoms with Crippen LogP contribution in [0.3, 0.4) is 0 Å². The Balaban J connectivity index is 2.36. The first-order chi connectivity index (χ1) is 6.72. The molecule has 0 fully saturated rings. The second kappa shape index (κ2) is 6.25. The van der Waals surface area contributed by atoms with Crippen molar-refractivity contribution in [3.63, 3.8) is 0 Å². The summed E-state index contributed by atoms with van der Waals surface area (Å²) in [6, 6.07) is 8.21. The standard InChI is InChI=1S/C11H16OS2/c1-9(13)7-14-8-10-3-5-11(12-2)6-4-10/h3-6,9,13H,7-8H2,1-2H3. The van der Waals surface area contributed by atoms with Gasteiger partial charge in [0, 0.05) is 16.8 Å². The molecule has 0 aromatic heterocycles. The van der Waals surface area contributed by atoms with E-state index < -0.39 is 0 Å². The van der Waals surface area contributed by atoms with Crippen LogP contribution in [-0.4, -0.2) is 18.1 Å². The molecule has 1 aromatic carbocycles. The van der Waals surface area contributed by atoms with Gasteiger partial charge in [-0.3, -0.25) is 0 Å². The van der Waals surface area contributed by atoms with Crippen molar-refractivity contribution in [2.75, 3.05) is 12.9 Å². The van der Waals surface area contributed by atoms with Gasteiger partial charge < -0.3 is 4.74 Å². The van der Waals surface area contributed by atoms with Gasteiger partial charge in [-0.1, -0.05) is 19.1 Å². The zero-order valence-electron chi connectivity index (χ0n) is 8.56. The largest absolute Gasteiger partial charge is 0.497 e. The highest BCUT2D eigenvalue weighted by Crippen LogP contribution is 2.17. The third-order valence-electron chi connectivity index (χ3n) is 1.79. The molecule has 0 saturated carbocycles. The number of hydrogen-bond donors (Lipinski definition) is 1. The fourth-order valence-corrected chi connectivity index (χ4v) is 2.27. The quantitative estimate of drug-likeness (QED) is 0.775. The summed E-state index contributed by atoms with van der Waals surface area (Å²) < 4.78 is 5.09. The highest BCUT2D eigenvalue weighted by Gasteiger charge is 1.97. The van der Waals surface area contributed by atoms with Crippen molar-refractivity contribution in [1.82, 2.24) is 0 Å². The second-order valence-corrected chi connectivity index (χ2v) is 5.12. The lowest BCUT2D eigenvalue weighted by molar-refractivity contribution is 0.414. The minimum Gasteiger partial charge on any atom is -0.497 e. The molecule has 0 spiro atoms. The first kappa shape index (κ1) is 11.8. The van der Waals surface area contributed by atoms with Gasteiger partial charge in [-0.2, -0.15) is 24.4 Å². The molecule has 0 aliphatic heterocycles. The Morgan fingerprint density at radius 3 is 2.50 bits per heavy atom. The topological polar surface area (TPSA) is 9.23 Å². The smallest absolute Gasteiger partial charge is 0.118 e. The average Bonchev–Trinajstić information content (AvgIpc) is 2.18. The normalized spacial score (nSPS) is 12.5. The molecule has 1 nitrogen and oxygen atoms in total. The summed E-state index contributed by atoms with van der Waals surface area (Å²) in [4.78, 5) is 0. The number of benzene rings is 1. The van der Waals surface area contributed by atoms with Crippen LogP contribution in [0.25, 0.3) is 0 Å². The van der Waals surface area contributed by atoms with E-state index in [4.69, 9.17) is 4.74 Å². The molecule has 0 radical (unpaired) electrons. The highest BCUT2D eigenvalue weighted by molar-refractivity contribution is 7.99. The Morgan fingerprint density at radius 1 is 1.36 bits per heavy atom. The number of thioether (sulfide) groups is 1. The Morgan fingerprint density at radius 2 is 2.00 bits per heavy atom. The number of methoxy groups -OCH3 is 1. The monoisotopic (exact) mass is 228 g/mol. The number of hydrogen-bond acceptors (Lipinski definition) is 3. The van der Waals surface area contributed by atoms with Crippen LogP contribution < -0.4 is 4.74 Å². The van der Waals surface area contributed by atoms with E-state index in [-0.39, 0.29) is 0 Å². The van der Waals surface area contributed by atoms with Gasteiger partial charge in [0.25, 0.3) is 0 Å². The molecular formula is C11H16OS2. The second-order valence-electron chi connectivity index (χ2n) is 3.21. The third kappa shape index (κ3) is 4.29. The van der Waals surface area contributed by atoms with E-state index in [1.165, 1.54) is 5.56 Å². The van der Waals surface area contributed by atoms with Crippen molar-refractivity contribution in [3.05, 3.63) is 29.8 Å². The van der Waals surface area contributed by atoms with Crippen LogP contribution in [0.4, 0.5) is 0 Å². The SMILES string of the molecule is COc1ccc(CSCC(C)S)cc1. The lowest BCUT2D eigenvalue weighted by atomic mass is 10.2. The Kier molecular flexibility index (Phi) is 5.26. The van der Waals surface area contributed by atoms with E-state index in [9.17, 15) is 0 Å². The minimum atomic E-state index is 0.471. The van der Waals surface area contributed by atoms with Gasteiger partial charge in [0.2, 0.25) is 0 Å². The summed E-state index contributed by atoms with van der Waals surface area (Å²) in [7, 11) is 1.69. The maximum atomic E-state index is 5.09. The number of rotatable bonds is 5. The van der Waals surface area contributed by atoms with Crippen LogP contribution in [0.5, 0.6) is 5.75 Å². The molecule has 14 heavy (non-hydrogen) atoms. The molecular weight excluding hydrogens is 212 g/mol. The van der Waals surface area contributed by atoms with E-state index in [2.05, 4.69) is 31.7 Å². The minimum absolute atomic E-state index is 0.471. The molecule has 3 heteroatoms. The lowest BCUT2D eigenvalue weighted by Crippen LogP contribution is -1.94. The summed E-state index contributed by atoms with van der Waals surface area (Å²) in [6.45, 7) is 2.12. The molecule has 1 unspecified atom stereocenters. The molecule has 78 valence electrons. The first-order valence-corrected chi connectivity index (χ1v) is 6.28. The summed E-state index contributed by atoms with van der Waals surface area (Å²) in [5.41, 5.74) is 1.34. The fraction of sp³-hybridized carbons (Fsp3) is 0.455. The zero-order valence-corrected chi connectivity index (χ0v) is 10.3. The zero-order chi connectivity index (χ0) is 10.4. The van der Waals surface area contributed by atoms with Crippen LogP contribution in [0.15, 0.2) is 24.3 Å². The average molecular weight is 228 g/mol. The number of ether oxygens (including phenoxy) is 1. The first-order valence-electron chi connectivity index (χ1n) is 4.61. The van der Waals surface area contributed by atoms with Gasteiger partial charge in [-0.25, -0.2) is 0 Å². The summed E-state index contributed by atoms with van der Waals surface area (Å²) in [5.74, 6) is 3.06. The number of thiol groups is 1. The molecule has 0 aliphatic rings. The highest BCUT2D eigenvalue weighted by atomic mass is 32.2. The van der Waals surface area contributed by atoms with Gasteiger partial charge in [-0.15, -0.1) is 0 Å². The molecule has 1 rings (SSSR count). The van der Waals surface area contributed by atoms with Crippen molar-refractivity contribution in [2.45, 2.75) is 17.9 Å². The molecule has 0 saturated heterocycles. The Hall–Kier alpha value is -0.280. The van der Waals surface area contributed by atoms with Crippen molar-refractivity contribution in [1.29, 1.82) is 0 Å². The van der Waals surface area contributed by atoms with Gasteiger partial charge in [0.05, 0.1) is 7.11 Å². The summed E-state index contributed by atoms with van der Waals surface area (Å²) in [5, 5.41) is 0.471. The van der Waals surface area contributed by atoms with Crippen molar-refractivity contribution >= 4 is 24.4 Å².